The zero-order chi connectivity index (χ0) is 8.55. The van der Waals surface area contributed by atoms with Crippen LogP contribution >= 0.6 is 0 Å². The van der Waals surface area contributed by atoms with Gasteiger partial charge in [-0.1, -0.05) is 12.1 Å². The van der Waals surface area contributed by atoms with Crippen molar-refractivity contribution in [2.75, 3.05) is 6.67 Å². The Morgan fingerprint density at radius 1 is 1.17 bits per heavy atom. The molecule has 0 aliphatic carbocycles. The molecule has 12 heavy (non-hydrogen) atoms. The Hall–Kier alpha value is -1.58. The molecule has 0 saturated heterocycles. The first-order valence-electron chi connectivity index (χ1n) is 3.72. The molecular formula is C8H8N2O2+2. The van der Waals surface area contributed by atoms with Gasteiger partial charge in [0, 0.05) is 15.9 Å². The van der Waals surface area contributed by atoms with Gasteiger partial charge in [0.05, 0.1) is 10.3 Å². The highest BCUT2D eigenvalue weighted by atomic mass is 16.3. The molecule has 0 amide bonds. The van der Waals surface area contributed by atoms with Crippen molar-refractivity contribution >= 4 is 5.69 Å². The van der Waals surface area contributed by atoms with Gasteiger partial charge in [0.15, 0.2) is 0 Å². The van der Waals surface area contributed by atoms with Gasteiger partial charge in [-0.25, -0.2) is 0 Å². The molecule has 1 aromatic carbocycles. The second kappa shape index (κ2) is 2.48. The molecule has 1 aliphatic heterocycles. The van der Waals surface area contributed by atoms with Crippen LogP contribution in [0, 0.1) is 9.81 Å². The lowest BCUT2D eigenvalue weighted by molar-refractivity contribution is -0.735. The SMILES string of the molecule is O=[N+]1Cc2ccccc2[N+](=O)C1. The van der Waals surface area contributed by atoms with Crippen LogP contribution in [0.2, 0.25) is 0 Å². The van der Waals surface area contributed by atoms with Crippen LogP contribution in [0.1, 0.15) is 5.56 Å². The quantitative estimate of drug-likeness (QED) is 0.543. The van der Waals surface area contributed by atoms with Crippen molar-refractivity contribution in [1.29, 1.82) is 0 Å². The van der Waals surface area contributed by atoms with Gasteiger partial charge in [-0.3, -0.25) is 0 Å². The molecule has 0 atom stereocenters. The standard InChI is InChI=1S/C8H8N2O2/c11-9-5-7-3-1-2-4-8(7)10(12)6-9/h1-4H,5-6H2/q+2. The van der Waals surface area contributed by atoms with Crippen LogP contribution in [0.25, 0.3) is 0 Å². The summed E-state index contributed by atoms with van der Waals surface area (Å²) in [6.45, 7) is 0.228. The summed E-state index contributed by atoms with van der Waals surface area (Å²) in [4.78, 5) is 22.1. The normalized spacial score (nSPS) is 16.0. The summed E-state index contributed by atoms with van der Waals surface area (Å²) >= 11 is 0. The van der Waals surface area contributed by atoms with Crippen molar-refractivity contribution < 1.29 is 9.52 Å². The maximum absolute atomic E-state index is 11.2. The summed E-state index contributed by atoms with van der Waals surface area (Å²) in [5.41, 5.74) is 1.42. The molecule has 0 unspecified atom stereocenters. The lowest BCUT2D eigenvalue weighted by Gasteiger charge is -2.00. The highest BCUT2D eigenvalue weighted by molar-refractivity contribution is 5.39. The van der Waals surface area contributed by atoms with Crippen LogP contribution < -0.4 is 0 Å². The third-order valence-corrected chi connectivity index (χ3v) is 1.89. The fourth-order valence-corrected chi connectivity index (χ4v) is 1.35. The Morgan fingerprint density at radius 3 is 2.75 bits per heavy atom. The third-order valence-electron chi connectivity index (χ3n) is 1.89. The van der Waals surface area contributed by atoms with Crippen LogP contribution in [0.3, 0.4) is 0 Å². The van der Waals surface area contributed by atoms with Crippen molar-refractivity contribution in [1.82, 2.24) is 0 Å². The van der Waals surface area contributed by atoms with E-state index in [4.69, 9.17) is 0 Å². The van der Waals surface area contributed by atoms with Crippen LogP contribution in [0.5, 0.6) is 0 Å². The summed E-state index contributed by atoms with van der Waals surface area (Å²) in [5, 5.41) is 0. The van der Waals surface area contributed by atoms with Crippen molar-refractivity contribution in [3.63, 3.8) is 0 Å². The van der Waals surface area contributed by atoms with E-state index in [1.54, 1.807) is 18.2 Å². The van der Waals surface area contributed by atoms with Crippen LogP contribution in [0.4, 0.5) is 5.69 Å². The molecule has 1 heterocycles. The first-order valence-corrected chi connectivity index (χ1v) is 3.72. The first kappa shape index (κ1) is 7.09. The monoisotopic (exact) mass is 164 g/mol. The van der Waals surface area contributed by atoms with Gasteiger partial charge in [0.25, 0.3) is 5.69 Å². The molecule has 0 saturated carbocycles. The van der Waals surface area contributed by atoms with Gasteiger partial charge < -0.3 is 0 Å². The van der Waals surface area contributed by atoms with Gasteiger partial charge in [-0.05, 0) is 6.07 Å². The average molecular weight is 164 g/mol. The minimum Gasteiger partial charge on any atom is -0.0612 e. The minimum absolute atomic E-state index is 0.0863. The molecular weight excluding hydrogens is 156 g/mol. The molecule has 0 spiro atoms. The van der Waals surface area contributed by atoms with E-state index in [-0.39, 0.29) is 6.67 Å². The average Bonchev–Trinajstić information content (AvgIpc) is 2.04. The maximum Gasteiger partial charge on any atom is 0.429 e. The van der Waals surface area contributed by atoms with E-state index in [1.165, 1.54) is 0 Å². The van der Waals surface area contributed by atoms with Crippen LogP contribution in [-0.2, 0) is 6.54 Å². The van der Waals surface area contributed by atoms with E-state index in [2.05, 4.69) is 0 Å². The number of hydrogen-bond acceptors (Lipinski definition) is 2. The molecule has 0 fully saturated rings. The Morgan fingerprint density at radius 2 is 1.92 bits per heavy atom. The molecule has 1 aliphatic rings. The first-order chi connectivity index (χ1) is 5.77. The summed E-state index contributed by atoms with van der Waals surface area (Å²) in [7, 11) is 0. The minimum atomic E-state index is -0.0863. The van der Waals surface area contributed by atoms with Gasteiger partial charge in [0.1, 0.15) is 4.76 Å². The number of fused-ring (bicyclic) bond motifs is 1. The van der Waals surface area contributed by atoms with Crippen LogP contribution in [0.15, 0.2) is 24.3 Å². The highest BCUT2D eigenvalue weighted by Gasteiger charge is 2.34. The Kier molecular flexibility index (Phi) is 1.46. The molecule has 1 aromatic rings. The van der Waals surface area contributed by atoms with Crippen molar-refractivity contribution in [3.8, 4) is 0 Å². The van der Waals surface area contributed by atoms with E-state index < -0.39 is 0 Å². The fraction of sp³-hybridized carbons (Fsp3) is 0.250. The number of nitrogens with zero attached hydrogens (tertiary/aromatic N) is 2. The molecule has 4 nitrogen and oxygen atoms in total. The smallest absolute Gasteiger partial charge is 0.0612 e. The second-order valence-corrected chi connectivity index (χ2v) is 2.79. The van der Waals surface area contributed by atoms with E-state index >= 15 is 0 Å². The number of hydrogen-bond donors (Lipinski definition) is 0. The van der Waals surface area contributed by atoms with Gasteiger partial charge in [0.2, 0.25) is 6.54 Å². The lowest BCUT2D eigenvalue weighted by atomic mass is 10.1. The summed E-state index contributed by atoms with van der Waals surface area (Å²) in [6.07, 6.45) is 0. The number of nitroso groups, excluding NO2 is 2. The lowest BCUT2D eigenvalue weighted by Crippen LogP contribution is -2.23. The predicted molar refractivity (Wildman–Crippen MR) is 41.9 cm³/mol. The van der Waals surface area contributed by atoms with Gasteiger partial charge in [-0.15, -0.1) is 0 Å². The number of rotatable bonds is 0. The Balaban J connectivity index is 2.54. The fourth-order valence-electron chi connectivity index (χ4n) is 1.35. The van der Waals surface area contributed by atoms with Gasteiger partial charge in [-0.2, -0.15) is 0 Å². The van der Waals surface area contributed by atoms with E-state index in [0.29, 0.717) is 17.0 Å². The van der Waals surface area contributed by atoms with E-state index in [1.807, 2.05) is 6.07 Å². The van der Waals surface area contributed by atoms with E-state index in [0.717, 1.165) is 10.3 Å². The van der Waals surface area contributed by atoms with Crippen molar-refractivity contribution in [3.05, 3.63) is 39.6 Å². The van der Waals surface area contributed by atoms with E-state index in [9.17, 15) is 9.81 Å². The molecule has 0 radical (unpaired) electrons. The Labute approximate surface area is 69.0 Å². The largest absolute Gasteiger partial charge is 0.429 e. The maximum atomic E-state index is 11.2. The van der Waals surface area contributed by atoms with Crippen LogP contribution in [-0.4, -0.2) is 16.2 Å². The molecule has 0 N–H and O–H groups in total. The number of benzene rings is 1. The number of para-hydroxylation sites is 1. The zero-order valence-electron chi connectivity index (χ0n) is 6.43. The topological polar surface area (TPSA) is 40.2 Å². The summed E-state index contributed by atoms with van der Waals surface area (Å²) < 4.78 is 1.46. The van der Waals surface area contributed by atoms with Crippen molar-refractivity contribution in [2.45, 2.75) is 6.54 Å². The second-order valence-electron chi connectivity index (χ2n) is 2.79. The summed E-state index contributed by atoms with van der Waals surface area (Å²) in [6, 6.07) is 7.15. The third kappa shape index (κ3) is 1.01. The molecule has 2 rings (SSSR count). The highest BCUT2D eigenvalue weighted by Crippen LogP contribution is 2.22. The zero-order valence-corrected chi connectivity index (χ0v) is 6.43. The Bertz CT molecular complexity index is 360. The summed E-state index contributed by atoms with van der Waals surface area (Å²) in [5.74, 6) is 0. The van der Waals surface area contributed by atoms with Gasteiger partial charge >= 0.3 is 6.67 Å². The molecule has 4 heteroatoms. The molecule has 60 valence electrons. The molecule has 0 bridgehead atoms. The predicted octanol–water partition coefficient (Wildman–Crippen LogP) is 1.35. The molecule has 0 aromatic heterocycles. The van der Waals surface area contributed by atoms with Crippen molar-refractivity contribution in [2.24, 2.45) is 0 Å².